The van der Waals surface area contributed by atoms with Crippen molar-refractivity contribution in [2.24, 2.45) is 33.5 Å². The van der Waals surface area contributed by atoms with E-state index in [1.54, 1.807) is 0 Å². The Hall–Kier alpha value is 0. The van der Waals surface area contributed by atoms with Gasteiger partial charge in [0.05, 0.1) is 0 Å². The molecule has 0 saturated heterocycles. The van der Waals surface area contributed by atoms with Crippen LogP contribution >= 0.6 is 0 Å². The first-order valence-electron chi connectivity index (χ1n) is 10.1. The molecule has 3 saturated carbocycles. The van der Waals surface area contributed by atoms with Gasteiger partial charge >= 0.3 is 0 Å². The Morgan fingerprint density at radius 3 is 1.22 bits per heavy atom. The maximum atomic E-state index is 2.38. The maximum absolute atomic E-state index is 2.38. The molecule has 0 heteroatoms. The summed E-state index contributed by atoms with van der Waals surface area (Å²) >= 11 is 0. The van der Waals surface area contributed by atoms with Crippen LogP contribution in [-0.2, 0) is 0 Å². The molecule has 3 rings (SSSR count). The van der Waals surface area contributed by atoms with Crippen LogP contribution in [0.25, 0.3) is 0 Å². The van der Waals surface area contributed by atoms with Crippen molar-refractivity contribution < 1.29 is 0 Å². The van der Waals surface area contributed by atoms with Crippen molar-refractivity contribution in [3.63, 3.8) is 0 Å². The van der Waals surface area contributed by atoms with E-state index in [0.29, 0.717) is 21.7 Å². The Morgan fingerprint density at radius 1 is 0.739 bits per heavy atom. The standard InChI is InChI=1S/2C8H16.C7H14/c1-7(2,3)8(4)5-6-8;1-8(2,3)6-7-4-5-7;1-7(2,3)6-4-5-6/h5-6H2,1-4H3;7H,4-6H2,1-3H3;6H,4-5H2,1-3H3. The van der Waals surface area contributed by atoms with Gasteiger partial charge in [0, 0.05) is 0 Å². The first kappa shape index (κ1) is 21.0. The van der Waals surface area contributed by atoms with Gasteiger partial charge in [-0.25, -0.2) is 0 Å². The van der Waals surface area contributed by atoms with Gasteiger partial charge in [0.2, 0.25) is 0 Å². The summed E-state index contributed by atoms with van der Waals surface area (Å²) in [5, 5.41) is 0. The lowest BCUT2D eigenvalue weighted by Crippen LogP contribution is -2.17. The molecule has 3 aliphatic rings. The molecule has 0 aromatic heterocycles. The summed E-state index contributed by atoms with van der Waals surface area (Å²) in [6.45, 7) is 23.3. The van der Waals surface area contributed by atoms with Crippen LogP contribution in [0.4, 0.5) is 0 Å². The molecule has 0 radical (unpaired) electrons. The third kappa shape index (κ3) is 9.16. The molecule has 0 aromatic carbocycles. The lowest BCUT2D eigenvalue weighted by Gasteiger charge is -2.26. The molecule has 0 unspecified atom stereocenters. The molecule has 3 fully saturated rings. The molecule has 0 bridgehead atoms. The predicted molar refractivity (Wildman–Crippen MR) is 106 cm³/mol. The maximum Gasteiger partial charge on any atom is -0.0277 e. The van der Waals surface area contributed by atoms with Crippen molar-refractivity contribution >= 4 is 0 Å². The minimum absolute atomic E-state index is 0.549. The topological polar surface area (TPSA) is 0 Å². The van der Waals surface area contributed by atoms with Gasteiger partial charge in [-0.05, 0) is 65.6 Å². The molecule has 0 aliphatic heterocycles. The third-order valence-electron chi connectivity index (χ3n) is 6.21. The molecular formula is C23H46. The van der Waals surface area contributed by atoms with Crippen LogP contribution in [0.3, 0.4) is 0 Å². The zero-order chi connectivity index (χ0) is 18.1. The van der Waals surface area contributed by atoms with Crippen molar-refractivity contribution in [2.75, 3.05) is 0 Å². The molecule has 0 aromatic rings. The molecule has 3 aliphatic carbocycles. The highest BCUT2D eigenvalue weighted by Crippen LogP contribution is 2.57. The normalized spacial score (nSPS) is 23.2. The van der Waals surface area contributed by atoms with Gasteiger partial charge < -0.3 is 0 Å². The average molecular weight is 323 g/mol. The summed E-state index contributed by atoms with van der Waals surface area (Å²) in [6, 6.07) is 0. The summed E-state index contributed by atoms with van der Waals surface area (Å²) in [7, 11) is 0. The Balaban J connectivity index is 0.000000173. The van der Waals surface area contributed by atoms with Crippen LogP contribution in [0.5, 0.6) is 0 Å². The van der Waals surface area contributed by atoms with E-state index in [9.17, 15) is 0 Å². The second-order valence-corrected chi connectivity index (χ2v) is 12.2. The van der Waals surface area contributed by atoms with Gasteiger partial charge in [0.1, 0.15) is 0 Å². The molecular weight excluding hydrogens is 276 g/mol. The highest BCUT2D eigenvalue weighted by molar-refractivity contribution is 4.97. The Morgan fingerprint density at radius 2 is 1.17 bits per heavy atom. The summed E-state index contributed by atoms with van der Waals surface area (Å²) in [5.41, 5.74) is 2.43. The van der Waals surface area contributed by atoms with Gasteiger partial charge in [0.15, 0.2) is 0 Å². The first-order chi connectivity index (χ1) is 10.1. The average Bonchev–Trinajstić information content (AvgIpc) is 3.16. The van der Waals surface area contributed by atoms with Crippen molar-refractivity contribution in [2.45, 2.75) is 114 Å². The minimum atomic E-state index is 0.549. The lowest BCUT2D eigenvalue weighted by molar-refractivity contribution is 0.237. The molecule has 0 N–H and O–H groups in total. The zero-order valence-electron chi connectivity index (χ0n) is 18.1. The Kier molecular flexibility index (Phi) is 6.48. The predicted octanol–water partition coefficient (Wildman–Crippen LogP) is 8.11. The molecule has 0 amide bonds. The van der Waals surface area contributed by atoms with Crippen molar-refractivity contribution in [3.8, 4) is 0 Å². The largest absolute Gasteiger partial charge is 0.0602 e. The smallest absolute Gasteiger partial charge is 0.0277 e. The minimum Gasteiger partial charge on any atom is -0.0602 e. The Bertz CT molecular complexity index is 340. The van der Waals surface area contributed by atoms with Crippen LogP contribution in [-0.4, -0.2) is 0 Å². The molecule has 0 nitrogen and oxygen atoms in total. The fourth-order valence-electron chi connectivity index (χ4n) is 3.07. The van der Waals surface area contributed by atoms with Crippen LogP contribution in [0, 0.1) is 33.5 Å². The Labute approximate surface area is 148 Å². The van der Waals surface area contributed by atoms with E-state index in [1.165, 1.54) is 44.9 Å². The number of rotatable bonds is 1. The van der Waals surface area contributed by atoms with E-state index in [0.717, 1.165) is 11.8 Å². The van der Waals surface area contributed by atoms with Crippen LogP contribution in [0.15, 0.2) is 0 Å². The van der Waals surface area contributed by atoms with Gasteiger partial charge in [-0.2, -0.15) is 0 Å². The van der Waals surface area contributed by atoms with Crippen LogP contribution in [0.1, 0.15) is 114 Å². The van der Waals surface area contributed by atoms with Gasteiger partial charge in [0.25, 0.3) is 0 Å². The van der Waals surface area contributed by atoms with E-state index >= 15 is 0 Å². The summed E-state index contributed by atoms with van der Waals surface area (Å²) in [6.07, 6.45) is 10.3. The van der Waals surface area contributed by atoms with Crippen molar-refractivity contribution in [3.05, 3.63) is 0 Å². The van der Waals surface area contributed by atoms with Crippen LogP contribution < -0.4 is 0 Å². The van der Waals surface area contributed by atoms with Gasteiger partial charge in [-0.1, -0.05) is 82.1 Å². The zero-order valence-corrected chi connectivity index (χ0v) is 18.1. The summed E-state index contributed by atoms with van der Waals surface area (Å²) in [5.74, 6) is 2.14. The summed E-state index contributed by atoms with van der Waals surface area (Å²) in [4.78, 5) is 0. The van der Waals surface area contributed by atoms with E-state index in [1.807, 2.05) is 0 Å². The molecule has 0 heterocycles. The molecule has 23 heavy (non-hydrogen) atoms. The number of hydrogen-bond acceptors (Lipinski definition) is 0. The fraction of sp³-hybridized carbons (Fsp3) is 1.00. The van der Waals surface area contributed by atoms with Gasteiger partial charge in [-0.15, -0.1) is 0 Å². The van der Waals surface area contributed by atoms with E-state index in [4.69, 9.17) is 0 Å². The molecule has 0 spiro atoms. The van der Waals surface area contributed by atoms with E-state index in [2.05, 4.69) is 69.2 Å². The van der Waals surface area contributed by atoms with Crippen molar-refractivity contribution in [1.82, 2.24) is 0 Å². The van der Waals surface area contributed by atoms with E-state index in [-0.39, 0.29) is 0 Å². The highest BCUT2D eigenvalue weighted by atomic mass is 14.5. The monoisotopic (exact) mass is 322 g/mol. The summed E-state index contributed by atoms with van der Waals surface area (Å²) < 4.78 is 0. The second-order valence-electron chi connectivity index (χ2n) is 12.2. The lowest BCUT2D eigenvalue weighted by atomic mass is 9.79. The van der Waals surface area contributed by atoms with Crippen molar-refractivity contribution in [1.29, 1.82) is 0 Å². The number of hydrogen-bond donors (Lipinski definition) is 0. The fourth-order valence-corrected chi connectivity index (χ4v) is 3.07. The quantitative estimate of drug-likeness (QED) is 0.457. The highest BCUT2D eigenvalue weighted by Gasteiger charge is 2.47. The molecule has 0 atom stereocenters. The van der Waals surface area contributed by atoms with E-state index < -0.39 is 0 Å². The third-order valence-corrected chi connectivity index (χ3v) is 6.21. The van der Waals surface area contributed by atoms with Crippen LogP contribution in [0.2, 0.25) is 0 Å². The molecule has 138 valence electrons. The first-order valence-corrected chi connectivity index (χ1v) is 10.1. The SMILES string of the molecule is CC(C)(C)C1(C)CC1.CC(C)(C)C1CC1.CC(C)(C)CC1CC1. The van der Waals surface area contributed by atoms with Gasteiger partial charge in [-0.3, -0.25) is 0 Å². The second kappa shape index (κ2) is 7.09.